The highest BCUT2D eigenvalue weighted by atomic mass is 16.5. The summed E-state index contributed by atoms with van der Waals surface area (Å²) in [4.78, 5) is 17.3. The topological polar surface area (TPSA) is 46.8 Å². The average Bonchev–Trinajstić information content (AvgIpc) is 2.84. The number of fused-ring (bicyclic) bond motifs is 5. The number of nitrogens with zero attached hydrogens (tertiary/aromatic N) is 3. The molecule has 1 fully saturated rings. The maximum atomic E-state index is 10.8. The van der Waals surface area contributed by atoms with Crippen molar-refractivity contribution in [2.24, 2.45) is 12.0 Å². The van der Waals surface area contributed by atoms with Crippen LogP contribution in [-0.2, 0) is 18.3 Å². The van der Waals surface area contributed by atoms with Gasteiger partial charge in [0.25, 0.3) is 0 Å². The van der Waals surface area contributed by atoms with Crippen LogP contribution < -0.4 is 4.74 Å². The van der Waals surface area contributed by atoms with Crippen molar-refractivity contribution in [3.05, 3.63) is 42.1 Å². The van der Waals surface area contributed by atoms with Crippen LogP contribution in [0.1, 0.15) is 17.3 Å². The summed E-state index contributed by atoms with van der Waals surface area (Å²) in [6, 6.07) is 6.35. The second-order valence-corrected chi connectivity index (χ2v) is 6.18. The Labute approximate surface area is 134 Å². The monoisotopic (exact) mass is 309 g/mol. The molecule has 3 atom stereocenters. The first-order chi connectivity index (χ1) is 11.2. The Hall–Kier alpha value is -2.36. The molecule has 0 aliphatic carbocycles. The van der Waals surface area contributed by atoms with E-state index in [0.717, 1.165) is 18.7 Å². The molecule has 1 aromatic carbocycles. The van der Waals surface area contributed by atoms with Gasteiger partial charge in [0.15, 0.2) is 0 Å². The molecule has 4 rings (SSSR count). The van der Waals surface area contributed by atoms with Gasteiger partial charge in [0.2, 0.25) is 6.08 Å². The molecular formula is C18H19N3O2. The molecule has 23 heavy (non-hydrogen) atoms. The highest BCUT2D eigenvalue weighted by Crippen LogP contribution is 2.48. The van der Waals surface area contributed by atoms with Gasteiger partial charge < -0.3 is 9.30 Å². The van der Waals surface area contributed by atoms with Gasteiger partial charge in [0.05, 0.1) is 19.2 Å². The van der Waals surface area contributed by atoms with E-state index in [4.69, 9.17) is 4.74 Å². The van der Waals surface area contributed by atoms with E-state index in [-0.39, 0.29) is 18.1 Å². The lowest BCUT2D eigenvalue weighted by atomic mass is 9.79. The Morgan fingerprint density at radius 3 is 3.00 bits per heavy atom. The zero-order chi connectivity index (χ0) is 16.1. The van der Waals surface area contributed by atoms with Crippen LogP contribution in [0.25, 0.3) is 10.9 Å². The zero-order valence-corrected chi connectivity index (χ0v) is 13.3. The Kier molecular flexibility index (Phi) is 3.15. The van der Waals surface area contributed by atoms with E-state index in [9.17, 15) is 4.79 Å². The predicted octanol–water partition coefficient (Wildman–Crippen LogP) is 2.36. The van der Waals surface area contributed by atoms with Crippen molar-refractivity contribution in [2.45, 2.75) is 24.5 Å². The normalized spacial score (nSPS) is 25.9. The van der Waals surface area contributed by atoms with Gasteiger partial charge in [-0.1, -0.05) is 6.08 Å². The maximum Gasteiger partial charge on any atom is 0.235 e. The molecule has 0 N–H and O–H groups in total. The molecule has 2 aliphatic rings. The lowest BCUT2D eigenvalue weighted by Crippen LogP contribution is -2.62. The van der Waals surface area contributed by atoms with Crippen molar-refractivity contribution in [3.63, 3.8) is 0 Å². The largest absolute Gasteiger partial charge is 0.497 e. The summed E-state index contributed by atoms with van der Waals surface area (Å²) < 4.78 is 7.61. The second kappa shape index (κ2) is 5.08. The van der Waals surface area contributed by atoms with Crippen LogP contribution >= 0.6 is 0 Å². The first-order valence-corrected chi connectivity index (χ1v) is 7.81. The number of rotatable bonds is 3. The molecule has 0 amide bonds. The quantitative estimate of drug-likeness (QED) is 0.497. The molecule has 0 spiro atoms. The van der Waals surface area contributed by atoms with Gasteiger partial charge in [-0.05, 0) is 30.2 Å². The van der Waals surface area contributed by atoms with Crippen LogP contribution in [0.4, 0.5) is 0 Å². The third-order valence-corrected chi connectivity index (χ3v) is 5.32. The standard InChI is InChI=1S/C18H19N3O2/c1-4-14-16(19-10-22)18-17-12(7-8-21(14)18)13-9-11(23-3)5-6-15(13)20(17)2/h4-6,9,14,16,18H,1,7-8H2,2-3H3/t14-,16-,18+/m1/s1. The summed E-state index contributed by atoms with van der Waals surface area (Å²) in [5, 5.41) is 1.23. The Balaban J connectivity index is 1.91. The molecular weight excluding hydrogens is 290 g/mol. The minimum absolute atomic E-state index is 0.0889. The van der Waals surface area contributed by atoms with Gasteiger partial charge in [-0.15, -0.1) is 6.58 Å². The Morgan fingerprint density at radius 1 is 1.48 bits per heavy atom. The van der Waals surface area contributed by atoms with Crippen molar-refractivity contribution in [1.82, 2.24) is 9.47 Å². The van der Waals surface area contributed by atoms with E-state index in [1.165, 1.54) is 22.2 Å². The lowest BCUT2D eigenvalue weighted by molar-refractivity contribution is 0.00453. The van der Waals surface area contributed by atoms with E-state index < -0.39 is 0 Å². The lowest BCUT2D eigenvalue weighted by Gasteiger charge is -2.54. The van der Waals surface area contributed by atoms with Crippen LogP contribution in [0.5, 0.6) is 5.75 Å². The number of hydrogen-bond acceptors (Lipinski definition) is 4. The average molecular weight is 309 g/mol. The third-order valence-electron chi connectivity index (χ3n) is 5.32. The maximum absolute atomic E-state index is 10.8. The van der Waals surface area contributed by atoms with Crippen LogP contribution in [0.3, 0.4) is 0 Å². The number of aliphatic imine (C=N–C) groups is 1. The van der Waals surface area contributed by atoms with Crippen LogP contribution in [0, 0.1) is 0 Å². The zero-order valence-electron chi connectivity index (χ0n) is 13.3. The Morgan fingerprint density at radius 2 is 2.30 bits per heavy atom. The molecule has 0 bridgehead atoms. The minimum atomic E-state index is -0.0889. The second-order valence-electron chi connectivity index (χ2n) is 6.18. The Bertz CT molecular complexity index is 848. The smallest absolute Gasteiger partial charge is 0.235 e. The van der Waals surface area contributed by atoms with Gasteiger partial charge in [0.1, 0.15) is 11.8 Å². The minimum Gasteiger partial charge on any atom is -0.497 e. The number of methoxy groups -OCH3 is 1. The number of aromatic nitrogens is 1. The van der Waals surface area contributed by atoms with Gasteiger partial charge in [0, 0.05) is 30.2 Å². The highest BCUT2D eigenvalue weighted by Gasteiger charge is 2.51. The molecule has 0 unspecified atom stereocenters. The molecule has 2 aliphatic heterocycles. The SMILES string of the molecule is C=C[C@@H]1[C@@H](N=C=O)[C@H]2c3c(c4cc(OC)ccc4n3C)CCN12. The van der Waals surface area contributed by atoms with Gasteiger partial charge in [-0.2, -0.15) is 4.99 Å². The summed E-state index contributed by atoms with van der Waals surface area (Å²) >= 11 is 0. The molecule has 2 aromatic rings. The first kappa shape index (κ1) is 14.2. The van der Waals surface area contributed by atoms with E-state index in [0.29, 0.717) is 0 Å². The summed E-state index contributed by atoms with van der Waals surface area (Å²) in [5.74, 6) is 0.869. The summed E-state index contributed by atoms with van der Waals surface area (Å²) in [6.45, 7) is 4.85. The van der Waals surface area contributed by atoms with Crippen molar-refractivity contribution in [1.29, 1.82) is 0 Å². The summed E-state index contributed by atoms with van der Waals surface area (Å²) in [5.41, 5.74) is 3.78. The van der Waals surface area contributed by atoms with E-state index in [1.807, 2.05) is 12.1 Å². The number of ether oxygens (including phenoxy) is 1. The molecule has 1 saturated heterocycles. The van der Waals surface area contributed by atoms with Gasteiger partial charge in [-0.25, -0.2) is 4.79 Å². The number of aryl methyl sites for hydroxylation is 1. The summed E-state index contributed by atoms with van der Waals surface area (Å²) in [7, 11) is 3.77. The van der Waals surface area contributed by atoms with E-state index >= 15 is 0 Å². The number of hydrogen-bond donors (Lipinski definition) is 0. The fourth-order valence-electron chi connectivity index (χ4n) is 4.28. The van der Waals surface area contributed by atoms with Crippen molar-refractivity contribution >= 4 is 17.0 Å². The molecule has 5 heteroatoms. The van der Waals surface area contributed by atoms with Gasteiger partial charge >= 0.3 is 0 Å². The number of isocyanates is 1. The number of benzene rings is 1. The third kappa shape index (κ3) is 1.78. The molecule has 0 saturated carbocycles. The first-order valence-electron chi connectivity index (χ1n) is 7.81. The molecule has 5 nitrogen and oxygen atoms in total. The van der Waals surface area contributed by atoms with Gasteiger partial charge in [-0.3, -0.25) is 4.90 Å². The number of carbonyl (C=O) groups excluding carboxylic acids is 1. The van der Waals surface area contributed by atoms with Crippen LogP contribution in [0.2, 0.25) is 0 Å². The van der Waals surface area contributed by atoms with Crippen molar-refractivity contribution in [2.75, 3.05) is 13.7 Å². The molecule has 3 heterocycles. The van der Waals surface area contributed by atoms with E-state index in [1.54, 1.807) is 13.2 Å². The van der Waals surface area contributed by atoms with Crippen LogP contribution in [-0.4, -0.2) is 41.3 Å². The predicted molar refractivity (Wildman–Crippen MR) is 88.5 cm³/mol. The summed E-state index contributed by atoms with van der Waals surface area (Å²) in [6.07, 6.45) is 4.61. The fraction of sp³-hybridized carbons (Fsp3) is 0.389. The van der Waals surface area contributed by atoms with E-state index in [2.05, 4.69) is 40.2 Å². The highest BCUT2D eigenvalue weighted by molar-refractivity contribution is 5.87. The molecule has 118 valence electrons. The molecule has 0 radical (unpaired) electrons. The van der Waals surface area contributed by atoms with Crippen molar-refractivity contribution in [3.8, 4) is 5.75 Å². The fourth-order valence-corrected chi connectivity index (χ4v) is 4.28. The molecule has 1 aromatic heterocycles. The van der Waals surface area contributed by atoms with Crippen LogP contribution in [0.15, 0.2) is 35.8 Å². The van der Waals surface area contributed by atoms with Crippen molar-refractivity contribution < 1.29 is 9.53 Å².